The highest BCUT2D eigenvalue weighted by Crippen LogP contribution is 2.59. The lowest BCUT2D eigenvalue weighted by Gasteiger charge is -2.07. The number of esters is 1. The summed E-state index contributed by atoms with van der Waals surface area (Å²) >= 11 is 0. The number of phosphoric acid groups is 1. The molecule has 0 saturated heterocycles. The number of hydrogen-bond acceptors (Lipinski definition) is 6. The molecule has 2 rings (SSSR count). The van der Waals surface area contributed by atoms with Crippen LogP contribution in [0.3, 0.4) is 0 Å². The number of phenols is 1. The molecule has 0 amide bonds. The van der Waals surface area contributed by atoms with Crippen molar-refractivity contribution in [3.05, 3.63) is 29.8 Å². The number of hydrogen-bond donors (Lipinski definition) is 2. The van der Waals surface area contributed by atoms with E-state index < -0.39 is 13.8 Å². The van der Waals surface area contributed by atoms with Crippen molar-refractivity contribution >= 4 is 13.8 Å². The van der Waals surface area contributed by atoms with Gasteiger partial charge in [-0.2, -0.15) is 0 Å². The van der Waals surface area contributed by atoms with Gasteiger partial charge in [-0.25, -0.2) is 9.36 Å². The van der Waals surface area contributed by atoms with E-state index in [1.807, 2.05) is 0 Å². The van der Waals surface area contributed by atoms with E-state index >= 15 is 0 Å². The van der Waals surface area contributed by atoms with Crippen molar-refractivity contribution in [1.82, 2.24) is 0 Å². The van der Waals surface area contributed by atoms with E-state index in [4.69, 9.17) is 9.26 Å². The van der Waals surface area contributed by atoms with Crippen LogP contribution in [0.25, 0.3) is 0 Å². The summed E-state index contributed by atoms with van der Waals surface area (Å²) in [5.74, 6) is -1.01. The van der Waals surface area contributed by atoms with Crippen molar-refractivity contribution in [1.29, 1.82) is 0 Å². The number of carbonyl (C=O) groups excluding carboxylic acids is 1. The highest BCUT2D eigenvalue weighted by Gasteiger charge is 2.38. The van der Waals surface area contributed by atoms with Crippen molar-refractivity contribution in [2.24, 2.45) is 0 Å². The Hall–Kier alpha value is -1.98. The van der Waals surface area contributed by atoms with Crippen LogP contribution >= 0.6 is 7.82 Å². The lowest BCUT2D eigenvalue weighted by atomic mass is 10.1. The molecule has 0 radical (unpaired) electrons. The first-order valence-corrected chi connectivity index (χ1v) is 7.19. The zero-order valence-electron chi connectivity index (χ0n) is 10.7. The minimum absolute atomic E-state index is 0.0118. The summed E-state index contributed by atoms with van der Waals surface area (Å²) in [5.41, 5.74) is 0.763. The second-order valence-corrected chi connectivity index (χ2v) is 5.52. The van der Waals surface area contributed by atoms with E-state index in [1.165, 1.54) is 19.1 Å². The number of phosphoric ester groups is 1. The Labute approximate surface area is 115 Å². The predicted octanol–water partition coefficient (Wildman–Crippen LogP) is 1.93. The normalized spacial score (nSPS) is 19.7. The van der Waals surface area contributed by atoms with E-state index in [2.05, 4.69) is 11.1 Å². The van der Waals surface area contributed by atoms with Crippen molar-refractivity contribution in [3.8, 4) is 17.2 Å². The number of phenolic OH excluding ortho intramolecular Hbond substituents is 1. The standard InChI is InChI=1S/C12H13O7P/c1-7(2)12(14)17-6-5-8-3-4-9(13)11-10(8)18-20(15,16)19-11/h3-4,13H,1,5-6H2,2H3,(H,15,16). The maximum atomic E-state index is 11.3. The summed E-state index contributed by atoms with van der Waals surface area (Å²) in [6.45, 7) is 5.02. The lowest BCUT2D eigenvalue weighted by molar-refractivity contribution is -0.138. The zero-order valence-corrected chi connectivity index (χ0v) is 11.6. The van der Waals surface area contributed by atoms with Gasteiger partial charge in [-0.1, -0.05) is 12.6 Å². The molecule has 7 nitrogen and oxygen atoms in total. The van der Waals surface area contributed by atoms with Crippen LogP contribution in [0, 0.1) is 0 Å². The summed E-state index contributed by atoms with van der Waals surface area (Å²) < 4.78 is 25.7. The SMILES string of the molecule is C=C(C)C(=O)OCCc1ccc(O)c2c1OP(=O)(O)O2. The number of ether oxygens (including phenoxy) is 1. The Balaban J connectivity index is 2.12. The quantitative estimate of drug-likeness (QED) is 0.497. The number of fused-ring (bicyclic) bond motifs is 1. The number of benzene rings is 1. The van der Waals surface area contributed by atoms with Crippen molar-refractivity contribution in [2.75, 3.05) is 6.61 Å². The van der Waals surface area contributed by atoms with Gasteiger partial charge in [0, 0.05) is 17.6 Å². The summed E-state index contributed by atoms with van der Waals surface area (Å²) in [7, 11) is -4.23. The Morgan fingerprint density at radius 2 is 2.05 bits per heavy atom. The van der Waals surface area contributed by atoms with Crippen molar-refractivity contribution < 1.29 is 33.1 Å². The van der Waals surface area contributed by atoms with Gasteiger partial charge in [0.15, 0.2) is 11.5 Å². The van der Waals surface area contributed by atoms with Crippen LogP contribution in [0.15, 0.2) is 24.3 Å². The maximum absolute atomic E-state index is 11.3. The van der Waals surface area contributed by atoms with Gasteiger partial charge in [0.2, 0.25) is 5.75 Å². The number of carbonyl (C=O) groups is 1. The molecule has 1 heterocycles. The second kappa shape index (κ2) is 5.19. The molecule has 1 aliphatic rings. The predicted molar refractivity (Wildman–Crippen MR) is 68.7 cm³/mol. The van der Waals surface area contributed by atoms with Crippen LogP contribution in [-0.4, -0.2) is 22.6 Å². The van der Waals surface area contributed by atoms with E-state index in [0.29, 0.717) is 5.56 Å². The molecule has 108 valence electrons. The molecule has 0 aromatic heterocycles. The van der Waals surface area contributed by atoms with Crippen LogP contribution in [0.5, 0.6) is 17.2 Å². The Bertz CT molecular complexity index is 622. The van der Waals surface area contributed by atoms with E-state index in [0.717, 1.165) is 0 Å². The van der Waals surface area contributed by atoms with Gasteiger partial charge in [-0.05, 0) is 13.0 Å². The van der Waals surface area contributed by atoms with Crippen LogP contribution in [0.4, 0.5) is 0 Å². The molecule has 1 aromatic rings. The van der Waals surface area contributed by atoms with Gasteiger partial charge in [-0.15, -0.1) is 0 Å². The number of aromatic hydroxyl groups is 1. The molecule has 8 heteroatoms. The third kappa shape index (κ3) is 2.95. The van der Waals surface area contributed by atoms with E-state index in [9.17, 15) is 19.4 Å². The van der Waals surface area contributed by atoms with Gasteiger partial charge in [0.05, 0.1) is 6.61 Å². The highest BCUT2D eigenvalue weighted by atomic mass is 31.2. The molecule has 1 unspecified atom stereocenters. The molecular formula is C12H13O7P. The highest BCUT2D eigenvalue weighted by molar-refractivity contribution is 7.48. The Kier molecular flexibility index (Phi) is 3.74. The fraction of sp³-hybridized carbons (Fsp3) is 0.250. The van der Waals surface area contributed by atoms with Crippen LogP contribution in [-0.2, 0) is 20.5 Å². The fourth-order valence-electron chi connectivity index (χ4n) is 1.60. The first kappa shape index (κ1) is 14.4. The summed E-state index contributed by atoms with van der Waals surface area (Å²) in [6.07, 6.45) is 0.241. The summed E-state index contributed by atoms with van der Waals surface area (Å²) in [6, 6.07) is 2.81. The molecule has 1 aliphatic heterocycles. The number of rotatable bonds is 4. The zero-order chi connectivity index (χ0) is 14.9. The van der Waals surface area contributed by atoms with E-state index in [1.54, 1.807) is 0 Å². The molecule has 20 heavy (non-hydrogen) atoms. The minimum atomic E-state index is -4.23. The van der Waals surface area contributed by atoms with Crippen LogP contribution < -0.4 is 9.05 Å². The first-order chi connectivity index (χ1) is 9.30. The van der Waals surface area contributed by atoms with Gasteiger partial charge < -0.3 is 18.9 Å². The monoisotopic (exact) mass is 300 g/mol. The fourth-order valence-corrected chi connectivity index (χ4v) is 2.48. The molecule has 0 aliphatic carbocycles. The van der Waals surface area contributed by atoms with Crippen molar-refractivity contribution in [3.63, 3.8) is 0 Å². The average molecular weight is 300 g/mol. The minimum Gasteiger partial charge on any atom is -0.504 e. The van der Waals surface area contributed by atoms with Gasteiger partial charge in [-0.3, -0.25) is 4.89 Å². The summed E-state index contributed by atoms with van der Waals surface area (Å²) in [5, 5.41) is 9.54. The van der Waals surface area contributed by atoms with Crippen LogP contribution in [0.2, 0.25) is 0 Å². The van der Waals surface area contributed by atoms with E-state index in [-0.39, 0.29) is 35.8 Å². The molecule has 0 bridgehead atoms. The first-order valence-electron chi connectivity index (χ1n) is 5.69. The van der Waals surface area contributed by atoms with Crippen molar-refractivity contribution in [2.45, 2.75) is 13.3 Å². The molecular weight excluding hydrogens is 287 g/mol. The second-order valence-electron chi connectivity index (χ2n) is 4.22. The maximum Gasteiger partial charge on any atom is 0.585 e. The topological polar surface area (TPSA) is 102 Å². The molecule has 1 atom stereocenters. The molecule has 0 spiro atoms. The molecule has 0 fully saturated rings. The Morgan fingerprint density at radius 3 is 2.70 bits per heavy atom. The van der Waals surface area contributed by atoms with Gasteiger partial charge >= 0.3 is 13.8 Å². The molecule has 1 aromatic carbocycles. The average Bonchev–Trinajstić information content (AvgIpc) is 2.68. The largest absolute Gasteiger partial charge is 0.585 e. The van der Waals surface area contributed by atoms with Gasteiger partial charge in [0.25, 0.3) is 0 Å². The molecule has 2 N–H and O–H groups in total. The lowest BCUT2D eigenvalue weighted by Crippen LogP contribution is -2.08. The third-order valence-corrected chi connectivity index (χ3v) is 3.37. The summed E-state index contributed by atoms with van der Waals surface area (Å²) in [4.78, 5) is 20.5. The van der Waals surface area contributed by atoms with Gasteiger partial charge in [0.1, 0.15) is 0 Å². The Morgan fingerprint density at radius 1 is 1.40 bits per heavy atom. The third-order valence-electron chi connectivity index (χ3n) is 2.54. The smallest absolute Gasteiger partial charge is 0.504 e. The molecule has 0 saturated carbocycles. The van der Waals surface area contributed by atoms with Crippen LogP contribution in [0.1, 0.15) is 12.5 Å².